The zero-order chi connectivity index (χ0) is 21.5. The Morgan fingerprint density at radius 3 is 2.50 bits per heavy atom. The lowest BCUT2D eigenvalue weighted by molar-refractivity contribution is -0.133. The molecule has 0 unspecified atom stereocenters. The second-order valence-electron chi connectivity index (χ2n) is 6.40. The zero-order valence-corrected chi connectivity index (χ0v) is 16.6. The minimum absolute atomic E-state index is 0.287. The molecular formula is C21H22N4O5. The number of benzene rings is 2. The first-order valence-electron chi connectivity index (χ1n) is 9.40. The Morgan fingerprint density at radius 2 is 1.77 bits per heavy atom. The first-order chi connectivity index (χ1) is 14.5. The van der Waals surface area contributed by atoms with Crippen LogP contribution >= 0.6 is 0 Å². The van der Waals surface area contributed by atoms with Gasteiger partial charge in [0.15, 0.2) is 6.10 Å². The Balaban J connectivity index is 1.52. The number of carbonyl (C=O) groups is 2. The highest BCUT2D eigenvalue weighted by molar-refractivity contribution is 5.84. The van der Waals surface area contributed by atoms with Gasteiger partial charge in [-0.3, -0.25) is 29.8 Å². The van der Waals surface area contributed by atoms with E-state index in [9.17, 15) is 14.4 Å². The average Bonchev–Trinajstić information content (AvgIpc) is 2.75. The van der Waals surface area contributed by atoms with Gasteiger partial charge in [-0.15, -0.1) is 0 Å². The summed E-state index contributed by atoms with van der Waals surface area (Å²) in [5.74, 6) is 0.0749. The summed E-state index contributed by atoms with van der Waals surface area (Å²) in [6, 6.07) is 13.7. The second-order valence-corrected chi connectivity index (χ2v) is 6.40. The van der Waals surface area contributed by atoms with Crippen LogP contribution in [0, 0.1) is 0 Å². The van der Waals surface area contributed by atoms with Gasteiger partial charge in [0.1, 0.15) is 18.0 Å². The van der Waals surface area contributed by atoms with Crippen molar-refractivity contribution in [1.29, 1.82) is 0 Å². The molecule has 1 atom stereocenters. The number of hydrogen-bond acceptors (Lipinski definition) is 6. The molecule has 2 amide bonds. The first-order valence-corrected chi connectivity index (χ1v) is 9.40. The van der Waals surface area contributed by atoms with Crippen molar-refractivity contribution < 1.29 is 19.1 Å². The van der Waals surface area contributed by atoms with Crippen molar-refractivity contribution in [2.24, 2.45) is 0 Å². The number of nitrogens with zero attached hydrogens (tertiary/aromatic N) is 2. The van der Waals surface area contributed by atoms with Crippen molar-refractivity contribution >= 4 is 22.7 Å². The van der Waals surface area contributed by atoms with Crippen molar-refractivity contribution in [3.05, 3.63) is 65.2 Å². The third-order valence-corrected chi connectivity index (χ3v) is 4.19. The van der Waals surface area contributed by atoms with Gasteiger partial charge < -0.3 is 9.47 Å². The molecule has 0 saturated carbocycles. The van der Waals surface area contributed by atoms with E-state index in [4.69, 9.17) is 9.47 Å². The maximum atomic E-state index is 12.4. The fourth-order valence-electron chi connectivity index (χ4n) is 2.68. The molecule has 0 radical (unpaired) electrons. The number of para-hydroxylation sites is 1. The zero-order valence-electron chi connectivity index (χ0n) is 16.6. The normalized spacial score (nSPS) is 11.5. The summed E-state index contributed by atoms with van der Waals surface area (Å²) in [6.45, 7) is 3.71. The van der Waals surface area contributed by atoms with Crippen LogP contribution in [0.2, 0.25) is 0 Å². The quantitative estimate of drug-likeness (QED) is 0.570. The Labute approximate surface area is 172 Å². The third kappa shape index (κ3) is 5.13. The minimum Gasteiger partial charge on any atom is -0.494 e. The summed E-state index contributed by atoms with van der Waals surface area (Å²) in [7, 11) is 0. The highest BCUT2D eigenvalue weighted by Crippen LogP contribution is 2.18. The Hall–Kier alpha value is -3.88. The first kappa shape index (κ1) is 20.8. The van der Waals surface area contributed by atoms with E-state index in [1.54, 1.807) is 55.5 Å². The van der Waals surface area contributed by atoms with Gasteiger partial charge >= 0.3 is 0 Å². The predicted molar refractivity (Wildman–Crippen MR) is 110 cm³/mol. The number of fused-ring (bicyclic) bond motifs is 1. The molecule has 1 aromatic heterocycles. The molecular weight excluding hydrogens is 388 g/mol. The van der Waals surface area contributed by atoms with Crippen LogP contribution < -0.4 is 25.9 Å². The Morgan fingerprint density at radius 1 is 1.07 bits per heavy atom. The lowest BCUT2D eigenvalue weighted by atomic mass is 10.2. The molecule has 0 fully saturated rings. The topological polar surface area (TPSA) is 112 Å². The molecule has 0 aliphatic rings. The number of rotatable bonds is 7. The molecule has 1 heterocycles. The molecule has 3 rings (SSSR count). The van der Waals surface area contributed by atoms with Crippen molar-refractivity contribution in [3.63, 3.8) is 0 Å². The van der Waals surface area contributed by atoms with Gasteiger partial charge in [0.25, 0.3) is 17.4 Å². The average molecular weight is 410 g/mol. The summed E-state index contributed by atoms with van der Waals surface area (Å²) in [4.78, 5) is 40.8. The number of hydrogen-bond donors (Lipinski definition) is 2. The maximum Gasteiger partial charge on any atom is 0.279 e. The molecule has 156 valence electrons. The van der Waals surface area contributed by atoms with Crippen LogP contribution in [0.1, 0.15) is 13.8 Å². The predicted octanol–water partition coefficient (Wildman–Crippen LogP) is 1.41. The largest absolute Gasteiger partial charge is 0.494 e. The number of nitrogens with one attached hydrogen (secondary N) is 2. The van der Waals surface area contributed by atoms with E-state index in [2.05, 4.69) is 15.8 Å². The van der Waals surface area contributed by atoms with Crippen LogP contribution in [0.25, 0.3) is 10.9 Å². The van der Waals surface area contributed by atoms with Crippen LogP contribution in [0.15, 0.2) is 59.7 Å². The third-order valence-electron chi connectivity index (χ3n) is 4.19. The number of ether oxygens (including phenoxy) is 2. The van der Waals surface area contributed by atoms with Crippen LogP contribution in [0.5, 0.6) is 11.5 Å². The molecule has 0 spiro atoms. The van der Waals surface area contributed by atoms with Gasteiger partial charge in [-0.1, -0.05) is 12.1 Å². The standard InChI is InChI=1S/C21H22N4O5/c1-3-29-15-8-10-16(11-9-15)30-14(2)20(27)24-23-19(26)12-25-13-22-18-7-5-4-6-17(18)21(25)28/h4-11,13-14H,3,12H2,1-2H3,(H,23,26)(H,24,27)/t14-/m0/s1. The van der Waals surface area contributed by atoms with Gasteiger partial charge in [0, 0.05) is 0 Å². The van der Waals surface area contributed by atoms with Crippen LogP contribution in [0.3, 0.4) is 0 Å². The van der Waals surface area contributed by atoms with Gasteiger partial charge in [0.05, 0.1) is 23.8 Å². The SMILES string of the molecule is CCOc1ccc(O[C@@H](C)C(=O)NNC(=O)Cn2cnc3ccccc3c2=O)cc1. The summed E-state index contributed by atoms with van der Waals surface area (Å²) in [6.07, 6.45) is 0.442. The van der Waals surface area contributed by atoms with Crippen molar-refractivity contribution in [1.82, 2.24) is 20.4 Å². The molecule has 2 N–H and O–H groups in total. The molecule has 30 heavy (non-hydrogen) atoms. The highest BCUT2D eigenvalue weighted by atomic mass is 16.5. The van der Waals surface area contributed by atoms with E-state index in [1.165, 1.54) is 10.9 Å². The van der Waals surface area contributed by atoms with Crippen molar-refractivity contribution in [2.75, 3.05) is 6.61 Å². The minimum atomic E-state index is -0.853. The maximum absolute atomic E-state index is 12.4. The van der Waals surface area contributed by atoms with Crippen LogP contribution in [-0.2, 0) is 16.1 Å². The van der Waals surface area contributed by atoms with E-state index in [1.807, 2.05) is 6.92 Å². The van der Waals surface area contributed by atoms with Crippen molar-refractivity contribution in [2.45, 2.75) is 26.5 Å². The lowest BCUT2D eigenvalue weighted by Crippen LogP contribution is -2.48. The lowest BCUT2D eigenvalue weighted by Gasteiger charge is -2.15. The van der Waals surface area contributed by atoms with Crippen LogP contribution in [-0.4, -0.2) is 34.1 Å². The Kier molecular flexibility index (Phi) is 6.63. The number of amides is 2. The molecule has 0 bridgehead atoms. The van der Waals surface area contributed by atoms with E-state index < -0.39 is 17.9 Å². The summed E-state index contributed by atoms with van der Waals surface area (Å²) in [5.41, 5.74) is 4.77. The second kappa shape index (κ2) is 9.55. The van der Waals surface area contributed by atoms with Gasteiger partial charge in [0.2, 0.25) is 0 Å². The van der Waals surface area contributed by atoms with Crippen molar-refractivity contribution in [3.8, 4) is 11.5 Å². The number of carbonyl (C=O) groups excluding carboxylic acids is 2. The molecule has 9 nitrogen and oxygen atoms in total. The molecule has 0 aliphatic carbocycles. The summed E-state index contributed by atoms with van der Waals surface area (Å²) < 4.78 is 12.1. The van der Waals surface area contributed by atoms with Gasteiger partial charge in [-0.25, -0.2) is 4.98 Å². The molecule has 0 saturated heterocycles. The molecule has 0 aliphatic heterocycles. The summed E-state index contributed by atoms with van der Waals surface area (Å²) >= 11 is 0. The van der Waals surface area contributed by atoms with E-state index in [0.29, 0.717) is 29.0 Å². The molecule has 2 aromatic carbocycles. The highest BCUT2D eigenvalue weighted by Gasteiger charge is 2.16. The van der Waals surface area contributed by atoms with Gasteiger partial charge in [-0.2, -0.15) is 0 Å². The smallest absolute Gasteiger partial charge is 0.279 e. The van der Waals surface area contributed by atoms with E-state index in [0.717, 1.165) is 0 Å². The fraction of sp³-hybridized carbons (Fsp3) is 0.238. The Bertz CT molecular complexity index is 1090. The number of hydrazine groups is 1. The van der Waals surface area contributed by atoms with E-state index >= 15 is 0 Å². The summed E-state index contributed by atoms with van der Waals surface area (Å²) in [5, 5.41) is 0.411. The fourth-order valence-corrected chi connectivity index (χ4v) is 2.68. The van der Waals surface area contributed by atoms with E-state index in [-0.39, 0.29) is 12.1 Å². The van der Waals surface area contributed by atoms with Crippen LogP contribution in [0.4, 0.5) is 0 Å². The molecule has 3 aromatic rings. The molecule has 9 heteroatoms. The monoisotopic (exact) mass is 410 g/mol. The van der Waals surface area contributed by atoms with Gasteiger partial charge in [-0.05, 0) is 50.2 Å². The number of aromatic nitrogens is 2.